The Balaban J connectivity index is 1.49. The highest BCUT2D eigenvalue weighted by Crippen LogP contribution is 2.70. The van der Waals surface area contributed by atoms with Crippen LogP contribution in [0.25, 0.3) is 0 Å². The van der Waals surface area contributed by atoms with E-state index in [1.54, 1.807) is 70.6 Å². The summed E-state index contributed by atoms with van der Waals surface area (Å²) in [6.45, 7) is 0. The van der Waals surface area contributed by atoms with E-state index in [-0.39, 0.29) is 0 Å². The van der Waals surface area contributed by atoms with Gasteiger partial charge in [-0.05, 0) is 85.9 Å². The van der Waals surface area contributed by atoms with E-state index in [1.807, 2.05) is 0 Å². The van der Waals surface area contributed by atoms with Crippen LogP contribution in [0.4, 0.5) is 0 Å². The second-order valence-corrected chi connectivity index (χ2v) is 8.75. The summed E-state index contributed by atoms with van der Waals surface area (Å²) in [5.41, 5.74) is 0.882. The van der Waals surface area contributed by atoms with Gasteiger partial charge in [0.05, 0.1) is 0 Å². The first-order valence-corrected chi connectivity index (χ1v) is 8.83. The molecule has 6 fully saturated rings. The summed E-state index contributed by atoms with van der Waals surface area (Å²) in [6, 6.07) is 0. The lowest BCUT2D eigenvalue weighted by Gasteiger charge is -2.61. The third-order valence-electron chi connectivity index (χ3n) is 8.12. The van der Waals surface area contributed by atoms with Gasteiger partial charge in [-0.3, -0.25) is 0 Å². The molecule has 0 heterocycles. The molecule has 0 aromatic rings. The maximum atomic E-state index is 1.67. The van der Waals surface area contributed by atoms with Crippen LogP contribution in [-0.2, 0) is 0 Å². The third-order valence-corrected chi connectivity index (χ3v) is 8.12. The molecule has 0 aromatic heterocycles. The van der Waals surface area contributed by atoms with Crippen LogP contribution >= 0.6 is 0 Å². The van der Waals surface area contributed by atoms with E-state index in [2.05, 4.69) is 0 Å². The maximum Gasteiger partial charge on any atom is -0.0235 e. The van der Waals surface area contributed by atoms with Gasteiger partial charge in [0, 0.05) is 0 Å². The van der Waals surface area contributed by atoms with Crippen LogP contribution in [0.2, 0.25) is 0 Å². The van der Waals surface area contributed by atoms with Crippen LogP contribution in [0.3, 0.4) is 0 Å². The van der Waals surface area contributed by atoms with Crippen molar-refractivity contribution >= 4 is 0 Å². The van der Waals surface area contributed by atoms with Crippen molar-refractivity contribution in [1.82, 2.24) is 0 Å². The predicted octanol–water partition coefficient (Wildman–Crippen LogP) is 5.03. The molecular weight excluding hydrogens is 216 g/mol. The van der Waals surface area contributed by atoms with E-state index in [0.29, 0.717) is 0 Å². The number of fused-ring (bicyclic) bond motifs is 1. The fraction of sp³-hybridized carbons (Fsp3) is 1.00. The number of hydrogen-bond donors (Lipinski definition) is 0. The summed E-state index contributed by atoms with van der Waals surface area (Å²) < 4.78 is 0. The molecule has 0 N–H and O–H groups in total. The first-order valence-electron chi connectivity index (χ1n) is 8.83. The van der Waals surface area contributed by atoms with Crippen LogP contribution in [-0.4, -0.2) is 0 Å². The minimum absolute atomic E-state index is 0.882. The van der Waals surface area contributed by atoms with E-state index in [9.17, 15) is 0 Å². The van der Waals surface area contributed by atoms with Gasteiger partial charge in [-0.15, -0.1) is 0 Å². The molecule has 2 atom stereocenters. The maximum absolute atomic E-state index is 1.67. The lowest BCUT2D eigenvalue weighted by molar-refractivity contribution is -0.108. The summed E-state index contributed by atoms with van der Waals surface area (Å²) in [6.07, 6.45) is 17.8. The van der Waals surface area contributed by atoms with Gasteiger partial charge in [0.2, 0.25) is 0 Å². The standard InChI is InChI=1S/C18H28/c1-2-4-15-11-18(10-14(15)3-1)16-6-12-5-13(8-16)9-17(18)7-12/h12-17H,1-11H2. The minimum atomic E-state index is 0.882. The SMILES string of the molecule is C1CCC2CC3(CC2C1)C1CC2CC(C1)CC3C2. The van der Waals surface area contributed by atoms with Crippen molar-refractivity contribution in [2.24, 2.45) is 40.9 Å². The van der Waals surface area contributed by atoms with Gasteiger partial charge < -0.3 is 0 Å². The van der Waals surface area contributed by atoms with Gasteiger partial charge in [0.25, 0.3) is 0 Å². The highest BCUT2D eigenvalue weighted by Gasteiger charge is 2.60. The molecule has 18 heavy (non-hydrogen) atoms. The molecular formula is C18H28. The third kappa shape index (κ3) is 1.28. The molecule has 6 aliphatic rings. The Morgan fingerprint density at radius 1 is 0.611 bits per heavy atom. The molecule has 4 bridgehead atoms. The van der Waals surface area contributed by atoms with Crippen molar-refractivity contribution in [3.8, 4) is 0 Å². The first kappa shape index (κ1) is 10.7. The number of rotatable bonds is 0. The smallest absolute Gasteiger partial charge is 0.0235 e. The van der Waals surface area contributed by atoms with Crippen LogP contribution in [0.1, 0.15) is 70.6 Å². The van der Waals surface area contributed by atoms with Crippen molar-refractivity contribution in [3.05, 3.63) is 0 Å². The molecule has 0 aliphatic heterocycles. The van der Waals surface area contributed by atoms with E-state index in [1.165, 1.54) is 23.7 Å². The fourth-order valence-electron chi connectivity index (χ4n) is 7.67. The minimum Gasteiger partial charge on any atom is -0.0530 e. The van der Waals surface area contributed by atoms with Crippen molar-refractivity contribution in [3.63, 3.8) is 0 Å². The van der Waals surface area contributed by atoms with Crippen molar-refractivity contribution in [2.45, 2.75) is 70.6 Å². The second-order valence-electron chi connectivity index (χ2n) is 8.75. The Hall–Kier alpha value is 0. The molecule has 0 radical (unpaired) electrons. The van der Waals surface area contributed by atoms with Gasteiger partial charge in [-0.25, -0.2) is 0 Å². The highest BCUT2D eigenvalue weighted by atomic mass is 14.7. The normalized spacial score (nSPS) is 61.3. The molecule has 1 spiro atoms. The Bertz CT molecular complexity index is 311. The van der Waals surface area contributed by atoms with Gasteiger partial charge in [-0.2, -0.15) is 0 Å². The zero-order valence-electron chi connectivity index (χ0n) is 11.7. The van der Waals surface area contributed by atoms with Gasteiger partial charge in [-0.1, -0.05) is 25.7 Å². The summed E-state index contributed by atoms with van der Waals surface area (Å²) >= 11 is 0. The molecule has 0 aromatic carbocycles. The largest absolute Gasteiger partial charge is 0.0530 e. The molecule has 6 rings (SSSR count). The molecule has 0 heteroatoms. The average Bonchev–Trinajstić information content (AvgIpc) is 2.75. The topological polar surface area (TPSA) is 0 Å². The van der Waals surface area contributed by atoms with Crippen LogP contribution in [0.15, 0.2) is 0 Å². The summed E-state index contributed by atoms with van der Waals surface area (Å²) in [5.74, 6) is 7.02. The van der Waals surface area contributed by atoms with Gasteiger partial charge >= 0.3 is 0 Å². The Labute approximate surface area is 112 Å². The van der Waals surface area contributed by atoms with E-state index in [4.69, 9.17) is 0 Å². The predicted molar refractivity (Wildman–Crippen MR) is 74.2 cm³/mol. The second kappa shape index (κ2) is 3.55. The highest BCUT2D eigenvalue weighted by molar-refractivity contribution is 5.10. The monoisotopic (exact) mass is 244 g/mol. The average molecular weight is 244 g/mol. The molecule has 0 saturated heterocycles. The lowest BCUT2D eigenvalue weighted by atomic mass is 9.44. The van der Waals surface area contributed by atoms with Crippen LogP contribution < -0.4 is 0 Å². The Morgan fingerprint density at radius 3 is 1.61 bits per heavy atom. The van der Waals surface area contributed by atoms with E-state index in [0.717, 1.165) is 17.3 Å². The molecule has 6 aliphatic carbocycles. The molecule has 100 valence electrons. The summed E-state index contributed by atoms with van der Waals surface area (Å²) in [4.78, 5) is 0. The summed E-state index contributed by atoms with van der Waals surface area (Å²) in [5, 5.41) is 0. The van der Waals surface area contributed by atoms with E-state index >= 15 is 0 Å². The quantitative estimate of drug-likeness (QED) is 0.560. The zero-order chi connectivity index (χ0) is 11.7. The van der Waals surface area contributed by atoms with Gasteiger partial charge in [0.1, 0.15) is 0 Å². The zero-order valence-corrected chi connectivity index (χ0v) is 11.7. The first-order chi connectivity index (χ1) is 8.83. The molecule has 6 saturated carbocycles. The summed E-state index contributed by atoms with van der Waals surface area (Å²) in [7, 11) is 0. The van der Waals surface area contributed by atoms with Crippen molar-refractivity contribution in [2.75, 3.05) is 0 Å². The molecule has 2 unspecified atom stereocenters. The van der Waals surface area contributed by atoms with E-state index < -0.39 is 0 Å². The van der Waals surface area contributed by atoms with Crippen molar-refractivity contribution < 1.29 is 0 Å². The fourth-order valence-corrected chi connectivity index (χ4v) is 7.67. The van der Waals surface area contributed by atoms with Crippen LogP contribution in [0, 0.1) is 40.9 Å². The molecule has 0 nitrogen and oxygen atoms in total. The van der Waals surface area contributed by atoms with Crippen LogP contribution in [0.5, 0.6) is 0 Å². The number of hydrogen-bond acceptors (Lipinski definition) is 0. The lowest BCUT2D eigenvalue weighted by Crippen LogP contribution is -2.51. The van der Waals surface area contributed by atoms with Crippen molar-refractivity contribution in [1.29, 1.82) is 0 Å². The van der Waals surface area contributed by atoms with Gasteiger partial charge in [0.15, 0.2) is 0 Å². The Morgan fingerprint density at radius 2 is 1.11 bits per heavy atom. The Kier molecular flexibility index (Phi) is 2.12. The molecule has 0 amide bonds.